The maximum atomic E-state index is 10.7. The van der Waals surface area contributed by atoms with Gasteiger partial charge in [-0.15, -0.1) is 0 Å². The zero-order valence-electron chi connectivity index (χ0n) is 9.66. The average Bonchev–Trinajstić information content (AvgIpc) is 2.30. The highest BCUT2D eigenvalue weighted by Crippen LogP contribution is 2.14. The number of rotatable bonds is 7. The molecule has 6 nitrogen and oxygen atoms in total. The molecule has 7 heteroatoms. The van der Waals surface area contributed by atoms with Gasteiger partial charge in [-0.05, 0) is 6.42 Å². The van der Waals surface area contributed by atoms with Crippen molar-refractivity contribution < 1.29 is 22.8 Å². The molecule has 0 aliphatic heterocycles. The molecule has 0 atom stereocenters. The second-order valence-corrected chi connectivity index (χ2v) is 5.88. The summed E-state index contributed by atoms with van der Waals surface area (Å²) in [5, 5.41) is 2.36. The Labute approximate surface area is 91.2 Å². The van der Waals surface area contributed by atoms with Crippen LogP contribution < -0.4 is 5.32 Å². The molecule has 0 aromatic carbocycles. The van der Waals surface area contributed by atoms with Crippen molar-refractivity contribution in [3.05, 3.63) is 0 Å². The predicted molar refractivity (Wildman–Crippen MR) is 56.6 cm³/mol. The maximum absolute atomic E-state index is 10.7. The summed E-state index contributed by atoms with van der Waals surface area (Å²) in [5.74, 6) is 0. The average molecular weight is 237 g/mol. The molecular formula is C8H19NO5Si. The van der Waals surface area contributed by atoms with Crippen molar-refractivity contribution in [2.24, 2.45) is 0 Å². The molecule has 0 aromatic rings. The number of nitrogens with one attached hydrogen (secondary N) is 1. The number of hydrogen-bond acceptors (Lipinski definition) is 5. The monoisotopic (exact) mass is 237 g/mol. The minimum absolute atomic E-state index is 0.324. The van der Waals surface area contributed by atoms with Crippen LogP contribution in [0.15, 0.2) is 0 Å². The summed E-state index contributed by atoms with van der Waals surface area (Å²) >= 11 is 0. The molecule has 0 radical (unpaired) electrons. The van der Waals surface area contributed by atoms with Crippen LogP contribution in [0.1, 0.15) is 6.42 Å². The van der Waals surface area contributed by atoms with Gasteiger partial charge in [0.05, 0.1) is 6.61 Å². The van der Waals surface area contributed by atoms with Crippen LogP contribution in [0.4, 0.5) is 4.79 Å². The predicted octanol–water partition coefficient (Wildman–Crippen LogP) is 0.611. The van der Waals surface area contributed by atoms with E-state index in [1.807, 2.05) is 0 Å². The van der Waals surface area contributed by atoms with Crippen LogP contribution in [-0.2, 0) is 18.0 Å². The van der Waals surface area contributed by atoms with Crippen molar-refractivity contribution in [2.75, 3.05) is 35.0 Å². The van der Waals surface area contributed by atoms with Crippen LogP contribution >= 0.6 is 0 Å². The highest BCUT2D eigenvalue weighted by Gasteiger charge is 2.36. The first-order valence-electron chi connectivity index (χ1n) is 4.64. The molecule has 0 unspecified atom stereocenters. The van der Waals surface area contributed by atoms with E-state index < -0.39 is 14.9 Å². The summed E-state index contributed by atoms with van der Waals surface area (Å²) in [6.45, 7) is 0.324. The van der Waals surface area contributed by atoms with Gasteiger partial charge in [0.2, 0.25) is 0 Å². The second kappa shape index (κ2) is 7.63. The molecule has 0 rings (SSSR count). The van der Waals surface area contributed by atoms with Gasteiger partial charge >= 0.3 is 14.9 Å². The van der Waals surface area contributed by atoms with E-state index in [9.17, 15) is 4.79 Å². The molecule has 0 heterocycles. The molecule has 0 fully saturated rings. The lowest BCUT2D eigenvalue weighted by atomic mass is 10.5. The standard InChI is InChI=1S/C8H19NO5Si/c1-9-8(10)14-6-5-7-15(11-2,12-3)13-4/h5-7H2,1-4H3,(H,9,10). The Hall–Kier alpha value is -0.633. The van der Waals surface area contributed by atoms with Gasteiger partial charge in [-0.1, -0.05) is 0 Å². The second-order valence-electron chi connectivity index (χ2n) is 2.78. The van der Waals surface area contributed by atoms with Crippen molar-refractivity contribution in [2.45, 2.75) is 12.5 Å². The minimum atomic E-state index is -2.51. The normalized spacial score (nSPS) is 11.2. The third-order valence-electron chi connectivity index (χ3n) is 2.00. The summed E-state index contributed by atoms with van der Waals surface area (Å²) in [4.78, 5) is 10.7. The van der Waals surface area contributed by atoms with Gasteiger partial charge < -0.3 is 23.3 Å². The minimum Gasteiger partial charge on any atom is -0.450 e. The molecule has 15 heavy (non-hydrogen) atoms. The first-order chi connectivity index (χ1) is 7.14. The van der Waals surface area contributed by atoms with Crippen LogP contribution in [0.3, 0.4) is 0 Å². The summed E-state index contributed by atoms with van der Waals surface area (Å²) in [5.41, 5.74) is 0. The zero-order valence-corrected chi connectivity index (χ0v) is 10.7. The van der Waals surface area contributed by atoms with E-state index in [1.165, 1.54) is 7.05 Å². The number of carbonyl (C=O) groups excluding carboxylic acids is 1. The fourth-order valence-corrected chi connectivity index (χ4v) is 2.77. The van der Waals surface area contributed by atoms with Crippen LogP contribution in [0.25, 0.3) is 0 Å². The maximum Gasteiger partial charge on any atom is 0.500 e. The van der Waals surface area contributed by atoms with Gasteiger partial charge in [0.15, 0.2) is 0 Å². The van der Waals surface area contributed by atoms with Gasteiger partial charge in [-0.3, -0.25) is 0 Å². The topological polar surface area (TPSA) is 66.0 Å². The van der Waals surface area contributed by atoms with Gasteiger partial charge in [-0.25, -0.2) is 4.79 Å². The number of carbonyl (C=O) groups is 1. The lowest BCUT2D eigenvalue weighted by Crippen LogP contribution is -2.42. The van der Waals surface area contributed by atoms with Gasteiger partial charge in [-0.2, -0.15) is 0 Å². The summed E-state index contributed by atoms with van der Waals surface area (Å²) in [6, 6.07) is 0.619. The Morgan fingerprint density at radius 2 is 1.73 bits per heavy atom. The molecule has 0 spiro atoms. The van der Waals surface area contributed by atoms with E-state index in [1.54, 1.807) is 21.3 Å². The summed E-state index contributed by atoms with van der Waals surface area (Å²) < 4.78 is 20.4. The van der Waals surface area contributed by atoms with E-state index in [4.69, 9.17) is 18.0 Å². The highest BCUT2D eigenvalue weighted by molar-refractivity contribution is 6.60. The number of ether oxygens (including phenoxy) is 1. The molecule has 1 amide bonds. The Balaban J connectivity index is 3.76. The van der Waals surface area contributed by atoms with Crippen LogP contribution in [0.5, 0.6) is 0 Å². The molecule has 0 saturated heterocycles. The van der Waals surface area contributed by atoms with Gasteiger partial charge in [0, 0.05) is 34.4 Å². The van der Waals surface area contributed by atoms with Crippen molar-refractivity contribution >= 4 is 14.9 Å². The van der Waals surface area contributed by atoms with Gasteiger partial charge in [0.1, 0.15) is 0 Å². The quantitative estimate of drug-likeness (QED) is 0.519. The van der Waals surface area contributed by atoms with Crippen molar-refractivity contribution in [1.29, 1.82) is 0 Å². The fraction of sp³-hybridized carbons (Fsp3) is 0.875. The molecule has 0 aromatic heterocycles. The van der Waals surface area contributed by atoms with Crippen LogP contribution in [0, 0.1) is 0 Å². The van der Waals surface area contributed by atoms with E-state index in [0.717, 1.165) is 0 Å². The number of amides is 1. The van der Waals surface area contributed by atoms with E-state index >= 15 is 0 Å². The molecule has 0 saturated carbocycles. The Kier molecular flexibility index (Phi) is 7.31. The van der Waals surface area contributed by atoms with E-state index in [0.29, 0.717) is 19.1 Å². The smallest absolute Gasteiger partial charge is 0.450 e. The molecule has 1 N–H and O–H groups in total. The highest BCUT2D eigenvalue weighted by atomic mass is 28.4. The third-order valence-corrected chi connectivity index (χ3v) is 4.83. The molecule has 0 bridgehead atoms. The molecule has 0 aliphatic rings. The lowest BCUT2D eigenvalue weighted by Gasteiger charge is -2.23. The Morgan fingerprint density at radius 1 is 1.20 bits per heavy atom. The van der Waals surface area contributed by atoms with Crippen LogP contribution in [-0.4, -0.2) is 49.9 Å². The fourth-order valence-electron chi connectivity index (χ4n) is 1.08. The molecular weight excluding hydrogens is 218 g/mol. The summed E-state index contributed by atoms with van der Waals surface area (Å²) in [6.07, 6.45) is 0.212. The first-order valence-corrected chi connectivity index (χ1v) is 6.57. The first kappa shape index (κ1) is 14.4. The summed E-state index contributed by atoms with van der Waals surface area (Å²) in [7, 11) is 3.67. The third kappa shape index (κ3) is 5.12. The largest absolute Gasteiger partial charge is 0.500 e. The van der Waals surface area contributed by atoms with Crippen molar-refractivity contribution in [1.82, 2.24) is 5.32 Å². The lowest BCUT2D eigenvalue weighted by molar-refractivity contribution is 0.115. The van der Waals surface area contributed by atoms with Gasteiger partial charge in [0.25, 0.3) is 0 Å². The molecule has 90 valence electrons. The molecule has 0 aliphatic carbocycles. The number of alkyl carbamates (subject to hydrolysis) is 1. The zero-order chi connectivity index (χ0) is 11.7. The van der Waals surface area contributed by atoms with Crippen LogP contribution in [0.2, 0.25) is 6.04 Å². The SMILES string of the molecule is CNC(=O)OCCC[Si](OC)(OC)OC. The van der Waals surface area contributed by atoms with E-state index in [-0.39, 0.29) is 0 Å². The van der Waals surface area contributed by atoms with E-state index in [2.05, 4.69) is 5.32 Å². The van der Waals surface area contributed by atoms with Crippen molar-refractivity contribution in [3.8, 4) is 0 Å². The Bertz CT molecular complexity index is 178. The Morgan fingerprint density at radius 3 is 2.13 bits per heavy atom. The van der Waals surface area contributed by atoms with Crippen molar-refractivity contribution in [3.63, 3.8) is 0 Å². The number of hydrogen-bond donors (Lipinski definition) is 1.